The Morgan fingerprint density at radius 1 is 0.667 bits per heavy atom. The molecule has 0 heterocycles. The van der Waals surface area contributed by atoms with Crippen molar-refractivity contribution in [3.8, 4) is 0 Å². The van der Waals surface area contributed by atoms with Crippen molar-refractivity contribution in [1.82, 2.24) is 4.77 Å². The molecule has 0 aromatic heterocycles. The van der Waals surface area contributed by atoms with Gasteiger partial charge in [0, 0.05) is 0 Å². The summed E-state index contributed by atoms with van der Waals surface area (Å²) in [5.74, 6) is 0. The molecule has 0 aliphatic heterocycles. The van der Waals surface area contributed by atoms with Crippen molar-refractivity contribution in [2.75, 3.05) is 13.1 Å². The Morgan fingerprint density at radius 3 is 1.08 bits per heavy atom. The van der Waals surface area contributed by atoms with Gasteiger partial charge >= 0.3 is 109 Å². The van der Waals surface area contributed by atoms with Crippen molar-refractivity contribution in [3.63, 3.8) is 0 Å². The average molecular weight is 378 g/mol. The molecule has 0 radical (unpaired) electrons. The number of hydrogen-bond donors (Lipinski definition) is 0. The van der Waals surface area contributed by atoms with Crippen LogP contribution >= 0.6 is 0 Å². The molecule has 0 unspecified atom stereocenters. The molecule has 0 N–H and O–H groups in total. The van der Waals surface area contributed by atoms with Gasteiger partial charge in [0.05, 0.1) is 0 Å². The SMILES string of the molecule is [CH3][Zn][N](CC[N]([Zn][CH3])[Zn][CH3])[Zn][CH3]. The molecule has 0 bridgehead atoms. The normalized spacial score (nSPS) is 8.83. The van der Waals surface area contributed by atoms with Gasteiger partial charge in [0.15, 0.2) is 0 Å². The number of nitrogens with zero attached hydrogens (tertiary/aromatic N) is 2. The zero-order chi connectivity index (χ0) is 9.40. The first-order chi connectivity index (χ1) is 5.78. The van der Waals surface area contributed by atoms with Crippen molar-refractivity contribution in [2.45, 2.75) is 22.1 Å². The van der Waals surface area contributed by atoms with Crippen molar-refractivity contribution in [3.05, 3.63) is 0 Å². The van der Waals surface area contributed by atoms with Gasteiger partial charge in [-0.3, -0.25) is 0 Å². The van der Waals surface area contributed by atoms with E-state index >= 15 is 0 Å². The van der Waals surface area contributed by atoms with Gasteiger partial charge in [-0.25, -0.2) is 0 Å². The Labute approximate surface area is 108 Å². The van der Waals surface area contributed by atoms with Crippen LogP contribution in [0.15, 0.2) is 0 Å². The molecule has 0 aliphatic carbocycles. The quantitative estimate of drug-likeness (QED) is 0.624. The Kier molecular flexibility index (Phi) is 12.0. The minimum atomic E-state index is -0.184. The van der Waals surface area contributed by atoms with E-state index in [1.165, 1.54) is 13.1 Å². The predicted octanol–water partition coefficient (Wildman–Crippen LogP) is 1.77. The first-order valence-electron chi connectivity index (χ1n) is 5.23. The van der Waals surface area contributed by atoms with E-state index in [2.05, 4.69) is 26.8 Å². The third kappa shape index (κ3) is 6.81. The summed E-state index contributed by atoms with van der Waals surface area (Å²) >= 11 is -0.737. The van der Waals surface area contributed by atoms with E-state index in [1.807, 2.05) is 0 Å². The Morgan fingerprint density at radius 2 is 0.917 bits per heavy atom. The van der Waals surface area contributed by atoms with Gasteiger partial charge in [0.2, 0.25) is 0 Å². The van der Waals surface area contributed by atoms with Gasteiger partial charge in [-0.1, -0.05) is 0 Å². The Bertz CT molecular complexity index is 83.5. The van der Waals surface area contributed by atoms with Gasteiger partial charge in [-0.2, -0.15) is 0 Å². The Balaban J connectivity index is 3.49. The van der Waals surface area contributed by atoms with Crippen molar-refractivity contribution >= 4 is 0 Å². The summed E-state index contributed by atoms with van der Waals surface area (Å²) in [4.78, 5) is 0. The van der Waals surface area contributed by atoms with Gasteiger partial charge in [0.25, 0.3) is 0 Å². The van der Waals surface area contributed by atoms with Crippen LogP contribution in [-0.4, -0.2) is 17.9 Å². The van der Waals surface area contributed by atoms with Gasteiger partial charge < -0.3 is 0 Å². The summed E-state index contributed by atoms with van der Waals surface area (Å²) in [6, 6.07) is 0. The van der Waals surface area contributed by atoms with Crippen LogP contribution in [0.4, 0.5) is 0 Å². The first-order valence-corrected chi connectivity index (χ1v) is 22.4. The molecule has 58 valence electrons. The van der Waals surface area contributed by atoms with Crippen molar-refractivity contribution in [2.24, 2.45) is 0 Å². The fourth-order valence-electron chi connectivity index (χ4n) is 1.36. The fraction of sp³-hybridized carbons (Fsp3) is 1.00. The molecular formula is C6H16N2Zn4. The summed E-state index contributed by atoms with van der Waals surface area (Å²) in [5.41, 5.74) is 9.97. The molecule has 0 atom stereocenters. The zero-order valence-electron chi connectivity index (χ0n) is 9.14. The molecule has 0 fully saturated rings. The second-order valence-corrected chi connectivity index (χ2v) is 23.7. The molecule has 0 spiro atoms. The molecule has 0 saturated heterocycles. The molecule has 0 aromatic rings. The van der Waals surface area contributed by atoms with Gasteiger partial charge in [-0.15, -0.1) is 0 Å². The molecule has 0 rings (SSSR count). The minimum absolute atomic E-state index is 0.184. The fourth-order valence-corrected chi connectivity index (χ4v) is 16.8. The molecule has 2 nitrogen and oxygen atoms in total. The molecule has 0 aromatic carbocycles. The van der Waals surface area contributed by atoms with Crippen LogP contribution in [0.1, 0.15) is 0 Å². The first kappa shape index (κ1) is 14.4. The monoisotopic (exact) mass is 372 g/mol. The van der Waals surface area contributed by atoms with Crippen LogP contribution in [0, 0.1) is 0 Å². The van der Waals surface area contributed by atoms with Crippen molar-refractivity contribution < 1.29 is 69.5 Å². The van der Waals surface area contributed by atoms with E-state index in [-0.39, 0.29) is 69.5 Å². The summed E-state index contributed by atoms with van der Waals surface area (Å²) in [7, 11) is 0. The van der Waals surface area contributed by atoms with E-state index in [4.69, 9.17) is 0 Å². The Hall–Kier alpha value is 2.41. The third-order valence-corrected chi connectivity index (χ3v) is 32.2. The molecule has 0 amide bonds. The standard InChI is InChI=1S/C2H4N2.4CH3.4Zn/c3-1-2-4;;;;;;;;/h1-2H2;4*1H3;;;;. The number of hydrogen-bond acceptors (Lipinski definition) is 2. The molecule has 12 heavy (non-hydrogen) atoms. The predicted molar refractivity (Wildman–Crippen MR) is 36.9 cm³/mol. The van der Waals surface area contributed by atoms with E-state index in [0.29, 0.717) is 0 Å². The second kappa shape index (κ2) is 9.95. The van der Waals surface area contributed by atoms with Crippen LogP contribution in [0.3, 0.4) is 0 Å². The average Bonchev–Trinajstić information content (AvgIpc) is 2.13. The van der Waals surface area contributed by atoms with Gasteiger partial charge in [0.1, 0.15) is 0 Å². The summed E-state index contributed by atoms with van der Waals surface area (Å²) in [6.07, 6.45) is 0. The zero-order valence-corrected chi connectivity index (χ0v) is 21.0. The molecule has 0 saturated carbocycles. The van der Waals surface area contributed by atoms with Crippen LogP contribution < -0.4 is 0 Å². The van der Waals surface area contributed by atoms with Crippen LogP contribution in [0.5, 0.6) is 0 Å². The molecule has 6 heteroatoms. The summed E-state index contributed by atoms with van der Waals surface area (Å²) in [5, 5.41) is 0. The van der Waals surface area contributed by atoms with E-state index in [1.54, 1.807) is 0 Å². The maximum absolute atomic E-state index is 2.91. The summed E-state index contributed by atoms with van der Waals surface area (Å²) < 4.78 is 5.81. The second-order valence-electron chi connectivity index (χ2n) is 3.05. The topological polar surface area (TPSA) is 6.48 Å². The van der Waals surface area contributed by atoms with E-state index in [9.17, 15) is 0 Å². The summed E-state index contributed by atoms with van der Waals surface area (Å²) in [6.45, 7) is 2.95. The third-order valence-electron chi connectivity index (χ3n) is 2.52. The maximum atomic E-state index is 2.91. The number of rotatable bonds is 7. The van der Waals surface area contributed by atoms with Crippen LogP contribution in [0.2, 0.25) is 22.1 Å². The van der Waals surface area contributed by atoms with E-state index in [0.717, 1.165) is 0 Å². The molecule has 0 aliphatic rings. The van der Waals surface area contributed by atoms with Crippen molar-refractivity contribution in [1.29, 1.82) is 0 Å². The van der Waals surface area contributed by atoms with Crippen LogP contribution in [0.25, 0.3) is 0 Å². The van der Waals surface area contributed by atoms with Crippen LogP contribution in [-0.2, 0) is 69.5 Å². The van der Waals surface area contributed by atoms with Gasteiger partial charge in [-0.05, 0) is 0 Å². The van der Waals surface area contributed by atoms with E-state index < -0.39 is 0 Å². The molecular weight excluding hydrogens is 362 g/mol.